The summed E-state index contributed by atoms with van der Waals surface area (Å²) in [6, 6.07) is 1.61. The maximum atomic E-state index is 11.1. The lowest BCUT2D eigenvalue weighted by atomic mass is 9.94. The minimum absolute atomic E-state index is 0.00952. The Labute approximate surface area is 118 Å². The van der Waals surface area contributed by atoms with Crippen LogP contribution in [0.3, 0.4) is 0 Å². The SMILES string of the molecule is Cc1ccnc(NCC2(O)CCCCCC2)c1[N+](=O)[O-]. The number of nitrogens with one attached hydrogen (secondary N) is 1. The Bertz CT molecular complexity index is 483. The number of nitrogens with zero attached hydrogens (tertiary/aromatic N) is 2. The monoisotopic (exact) mass is 279 g/mol. The molecule has 6 heteroatoms. The van der Waals surface area contributed by atoms with Crippen molar-refractivity contribution in [1.82, 2.24) is 4.98 Å². The molecule has 1 fully saturated rings. The molecule has 2 N–H and O–H groups in total. The van der Waals surface area contributed by atoms with Crippen LogP contribution in [0.5, 0.6) is 0 Å². The molecule has 1 aliphatic rings. The van der Waals surface area contributed by atoms with E-state index in [2.05, 4.69) is 10.3 Å². The van der Waals surface area contributed by atoms with E-state index in [1.165, 1.54) is 0 Å². The topological polar surface area (TPSA) is 88.3 Å². The second-order valence-electron chi connectivity index (χ2n) is 5.57. The van der Waals surface area contributed by atoms with Crippen molar-refractivity contribution >= 4 is 11.5 Å². The molecule has 2 rings (SSSR count). The summed E-state index contributed by atoms with van der Waals surface area (Å²) in [5.74, 6) is 0.243. The predicted molar refractivity (Wildman–Crippen MR) is 76.8 cm³/mol. The highest BCUT2D eigenvalue weighted by Crippen LogP contribution is 2.30. The Kier molecular flexibility index (Phi) is 4.54. The first-order valence-electron chi connectivity index (χ1n) is 7.08. The van der Waals surface area contributed by atoms with Gasteiger partial charge in [-0.2, -0.15) is 0 Å². The average molecular weight is 279 g/mol. The summed E-state index contributed by atoms with van der Waals surface area (Å²) in [4.78, 5) is 14.7. The smallest absolute Gasteiger partial charge is 0.314 e. The molecule has 0 bridgehead atoms. The second-order valence-corrected chi connectivity index (χ2v) is 5.57. The summed E-state index contributed by atoms with van der Waals surface area (Å²) < 4.78 is 0. The Hall–Kier alpha value is -1.69. The van der Waals surface area contributed by atoms with Gasteiger partial charge in [-0.15, -0.1) is 0 Å². The first-order chi connectivity index (χ1) is 9.52. The van der Waals surface area contributed by atoms with Crippen LogP contribution >= 0.6 is 0 Å². The molecule has 6 nitrogen and oxygen atoms in total. The Morgan fingerprint density at radius 2 is 2.05 bits per heavy atom. The number of hydrogen-bond acceptors (Lipinski definition) is 5. The van der Waals surface area contributed by atoms with Gasteiger partial charge in [-0.1, -0.05) is 25.7 Å². The van der Waals surface area contributed by atoms with Crippen molar-refractivity contribution in [3.8, 4) is 0 Å². The molecule has 1 aromatic rings. The molecule has 0 amide bonds. The van der Waals surface area contributed by atoms with E-state index in [0.717, 1.165) is 38.5 Å². The number of aryl methyl sites for hydroxylation is 1. The molecule has 0 aromatic carbocycles. The predicted octanol–water partition coefficient (Wildman–Crippen LogP) is 2.80. The summed E-state index contributed by atoms with van der Waals surface area (Å²) in [5, 5.41) is 24.6. The van der Waals surface area contributed by atoms with Crippen molar-refractivity contribution in [2.45, 2.75) is 51.0 Å². The molecule has 1 aromatic heterocycles. The minimum atomic E-state index is -0.782. The van der Waals surface area contributed by atoms with Crippen molar-refractivity contribution in [3.05, 3.63) is 27.9 Å². The number of pyridine rings is 1. The minimum Gasteiger partial charge on any atom is -0.388 e. The van der Waals surface area contributed by atoms with Gasteiger partial charge in [0.15, 0.2) is 0 Å². The van der Waals surface area contributed by atoms with Gasteiger partial charge in [0.1, 0.15) is 0 Å². The zero-order valence-corrected chi connectivity index (χ0v) is 11.8. The Morgan fingerprint density at radius 1 is 1.40 bits per heavy atom. The van der Waals surface area contributed by atoms with Crippen LogP contribution in [0.1, 0.15) is 44.1 Å². The van der Waals surface area contributed by atoms with Gasteiger partial charge in [0.2, 0.25) is 5.82 Å². The number of rotatable bonds is 4. The van der Waals surface area contributed by atoms with Crippen LogP contribution < -0.4 is 5.32 Å². The van der Waals surface area contributed by atoms with Crippen LogP contribution in [-0.2, 0) is 0 Å². The van der Waals surface area contributed by atoms with E-state index in [-0.39, 0.29) is 11.5 Å². The summed E-state index contributed by atoms with van der Waals surface area (Å²) in [7, 11) is 0. The third-order valence-electron chi connectivity index (χ3n) is 3.93. The van der Waals surface area contributed by atoms with E-state index >= 15 is 0 Å². The molecule has 1 aliphatic carbocycles. The highest BCUT2D eigenvalue weighted by molar-refractivity contribution is 5.59. The van der Waals surface area contributed by atoms with Gasteiger partial charge in [0.05, 0.1) is 10.5 Å². The Morgan fingerprint density at radius 3 is 2.65 bits per heavy atom. The van der Waals surface area contributed by atoms with Gasteiger partial charge >= 0.3 is 5.69 Å². The third kappa shape index (κ3) is 3.45. The summed E-state index contributed by atoms with van der Waals surface area (Å²) in [6.07, 6.45) is 7.31. The zero-order valence-electron chi connectivity index (χ0n) is 11.8. The lowest BCUT2D eigenvalue weighted by Gasteiger charge is -2.27. The van der Waals surface area contributed by atoms with Crippen LogP contribution in [0.2, 0.25) is 0 Å². The van der Waals surface area contributed by atoms with Crippen molar-refractivity contribution in [2.24, 2.45) is 0 Å². The molecule has 0 atom stereocenters. The molecular formula is C14H21N3O3. The highest BCUT2D eigenvalue weighted by atomic mass is 16.6. The number of anilines is 1. The van der Waals surface area contributed by atoms with Gasteiger partial charge < -0.3 is 10.4 Å². The average Bonchev–Trinajstić information content (AvgIpc) is 2.61. The summed E-state index contributed by atoms with van der Waals surface area (Å²) >= 11 is 0. The molecule has 20 heavy (non-hydrogen) atoms. The first kappa shape index (κ1) is 14.7. The van der Waals surface area contributed by atoms with E-state index in [1.807, 2.05) is 0 Å². The number of nitro groups is 1. The fourth-order valence-corrected chi connectivity index (χ4v) is 2.72. The molecule has 0 saturated heterocycles. The molecule has 1 saturated carbocycles. The van der Waals surface area contributed by atoms with Crippen LogP contribution in [0, 0.1) is 17.0 Å². The van der Waals surface area contributed by atoms with Gasteiger partial charge in [0.25, 0.3) is 0 Å². The van der Waals surface area contributed by atoms with E-state index < -0.39 is 10.5 Å². The molecule has 110 valence electrons. The van der Waals surface area contributed by atoms with Crippen LogP contribution in [-0.4, -0.2) is 27.2 Å². The van der Waals surface area contributed by atoms with E-state index in [1.54, 1.807) is 19.2 Å². The van der Waals surface area contributed by atoms with Crippen LogP contribution in [0.15, 0.2) is 12.3 Å². The second kappa shape index (κ2) is 6.17. The van der Waals surface area contributed by atoms with E-state index in [4.69, 9.17) is 0 Å². The van der Waals surface area contributed by atoms with Crippen molar-refractivity contribution < 1.29 is 10.0 Å². The van der Waals surface area contributed by atoms with E-state index in [9.17, 15) is 15.2 Å². The highest BCUT2D eigenvalue weighted by Gasteiger charge is 2.29. The molecule has 0 spiro atoms. The maximum Gasteiger partial charge on any atom is 0.314 e. The van der Waals surface area contributed by atoms with Gasteiger partial charge in [-0.05, 0) is 25.8 Å². The number of aromatic nitrogens is 1. The van der Waals surface area contributed by atoms with E-state index in [0.29, 0.717) is 12.1 Å². The van der Waals surface area contributed by atoms with Gasteiger partial charge in [0, 0.05) is 18.3 Å². The van der Waals surface area contributed by atoms with Crippen molar-refractivity contribution in [1.29, 1.82) is 0 Å². The molecular weight excluding hydrogens is 258 g/mol. The van der Waals surface area contributed by atoms with Crippen LogP contribution in [0.25, 0.3) is 0 Å². The summed E-state index contributed by atoms with van der Waals surface area (Å²) in [6.45, 7) is 2.00. The quantitative estimate of drug-likeness (QED) is 0.502. The van der Waals surface area contributed by atoms with Crippen molar-refractivity contribution in [3.63, 3.8) is 0 Å². The normalized spacial score (nSPS) is 18.3. The molecule has 0 aliphatic heterocycles. The Balaban J connectivity index is 2.10. The third-order valence-corrected chi connectivity index (χ3v) is 3.93. The van der Waals surface area contributed by atoms with Crippen LogP contribution in [0.4, 0.5) is 11.5 Å². The summed E-state index contributed by atoms with van der Waals surface area (Å²) in [5.41, 5.74) is -0.222. The standard InChI is InChI=1S/C14H21N3O3/c1-11-6-9-15-13(12(11)17(19)20)16-10-14(18)7-4-2-3-5-8-14/h6,9,18H,2-5,7-8,10H2,1H3,(H,15,16). The number of aliphatic hydroxyl groups is 1. The fraction of sp³-hybridized carbons (Fsp3) is 0.643. The fourth-order valence-electron chi connectivity index (χ4n) is 2.72. The zero-order chi connectivity index (χ0) is 14.6. The molecule has 0 unspecified atom stereocenters. The lowest BCUT2D eigenvalue weighted by molar-refractivity contribution is -0.384. The lowest BCUT2D eigenvalue weighted by Crippen LogP contribution is -2.36. The molecule has 0 radical (unpaired) electrons. The number of hydrogen-bond donors (Lipinski definition) is 2. The molecule has 1 heterocycles. The largest absolute Gasteiger partial charge is 0.388 e. The van der Waals surface area contributed by atoms with Gasteiger partial charge in [-0.25, -0.2) is 4.98 Å². The van der Waals surface area contributed by atoms with Gasteiger partial charge in [-0.3, -0.25) is 10.1 Å². The maximum absolute atomic E-state index is 11.1. The first-order valence-corrected chi connectivity index (χ1v) is 7.08. The van der Waals surface area contributed by atoms with Crippen molar-refractivity contribution in [2.75, 3.05) is 11.9 Å².